The maximum atomic E-state index is 4.26. The van der Waals surface area contributed by atoms with Crippen LogP contribution in [0.3, 0.4) is 0 Å². The summed E-state index contributed by atoms with van der Waals surface area (Å²) in [7, 11) is 0. The molecule has 25 heavy (non-hydrogen) atoms. The average molecular weight is 322 g/mol. The second kappa shape index (κ2) is 5.53. The molecule has 5 rings (SSSR count). The Bertz CT molecular complexity index is 1140. The Hall–Kier alpha value is -3.53. The molecule has 0 unspecified atom stereocenters. The molecule has 0 saturated heterocycles. The van der Waals surface area contributed by atoms with E-state index in [1.807, 2.05) is 12.1 Å². The van der Waals surface area contributed by atoms with Gasteiger partial charge in [-0.25, -0.2) is 15.0 Å². The van der Waals surface area contributed by atoms with Gasteiger partial charge >= 0.3 is 0 Å². The molecule has 0 aliphatic carbocycles. The van der Waals surface area contributed by atoms with Gasteiger partial charge in [0.25, 0.3) is 0 Å². The van der Waals surface area contributed by atoms with Crippen molar-refractivity contribution in [3.05, 3.63) is 85.5 Å². The van der Waals surface area contributed by atoms with Crippen LogP contribution in [0.4, 0.5) is 0 Å². The number of para-hydroxylation sites is 2. The highest BCUT2D eigenvalue weighted by molar-refractivity contribution is 6.09. The van der Waals surface area contributed by atoms with E-state index < -0.39 is 0 Å². The topological polar surface area (TPSA) is 43.6 Å². The first-order valence-corrected chi connectivity index (χ1v) is 8.13. The molecule has 0 N–H and O–H groups in total. The Labute approximate surface area is 144 Å². The highest BCUT2D eigenvalue weighted by Crippen LogP contribution is 2.32. The minimum atomic E-state index is 0.678. The van der Waals surface area contributed by atoms with E-state index in [1.54, 1.807) is 0 Å². The molecule has 0 spiro atoms. The number of hydrogen-bond donors (Lipinski definition) is 0. The molecule has 4 heteroatoms. The fraction of sp³-hybridized carbons (Fsp3) is 0. The van der Waals surface area contributed by atoms with E-state index in [4.69, 9.17) is 0 Å². The summed E-state index contributed by atoms with van der Waals surface area (Å²) in [4.78, 5) is 12.4. The molecule has 0 saturated carbocycles. The lowest BCUT2D eigenvalue weighted by atomic mass is 10.2. The van der Waals surface area contributed by atoms with Gasteiger partial charge in [0.15, 0.2) is 5.82 Å². The van der Waals surface area contributed by atoms with Crippen LogP contribution in [0.5, 0.6) is 0 Å². The van der Waals surface area contributed by atoms with Gasteiger partial charge in [0.2, 0.25) is 0 Å². The highest BCUT2D eigenvalue weighted by atomic mass is 15.0. The molecule has 5 aromatic rings. The third-order valence-electron chi connectivity index (χ3n) is 4.44. The van der Waals surface area contributed by atoms with Gasteiger partial charge < -0.3 is 4.57 Å². The van der Waals surface area contributed by atoms with Crippen molar-refractivity contribution in [3.8, 4) is 17.1 Å². The molecule has 0 bridgehead atoms. The first-order chi connectivity index (χ1) is 12.4. The predicted octanol–water partition coefficient (Wildman–Crippen LogP) is 4.64. The molecule has 3 aromatic carbocycles. The van der Waals surface area contributed by atoms with Crippen LogP contribution >= 0.6 is 0 Å². The largest absolute Gasteiger partial charge is 0.309 e. The van der Waals surface area contributed by atoms with Crippen LogP contribution in [-0.4, -0.2) is 19.5 Å². The smallest absolute Gasteiger partial charge is 0.162 e. The molecular weight excluding hydrogens is 308 g/mol. The lowest BCUT2D eigenvalue weighted by Gasteiger charge is -2.09. The fourth-order valence-electron chi connectivity index (χ4n) is 3.37. The summed E-state index contributed by atoms with van der Waals surface area (Å²) in [6.07, 6.45) is 3.05. The summed E-state index contributed by atoms with van der Waals surface area (Å²) in [5.41, 5.74) is 4.45. The Morgan fingerprint density at radius 2 is 1.28 bits per heavy atom. The molecule has 2 aromatic heterocycles. The normalized spacial score (nSPS) is 11.2. The Morgan fingerprint density at radius 3 is 1.96 bits per heavy atom. The lowest BCUT2D eigenvalue weighted by molar-refractivity contribution is 1.05. The standard InChI is InChI=1S/C21H14N4/c1-3-10-19-17(8-1)18-9-2-4-11-20(18)25(19)16-7-5-6-15(12-16)21-23-13-22-14-24-21/h1-14H. The van der Waals surface area contributed by atoms with E-state index in [1.165, 1.54) is 34.5 Å². The molecule has 0 radical (unpaired) electrons. The lowest BCUT2D eigenvalue weighted by Crippen LogP contribution is -1.95. The number of aromatic nitrogens is 4. The Morgan fingerprint density at radius 1 is 0.640 bits per heavy atom. The number of nitrogens with zero attached hydrogens (tertiary/aromatic N) is 4. The molecule has 2 heterocycles. The van der Waals surface area contributed by atoms with Gasteiger partial charge in [-0.15, -0.1) is 0 Å². The van der Waals surface area contributed by atoms with Gasteiger partial charge in [0.05, 0.1) is 11.0 Å². The van der Waals surface area contributed by atoms with Crippen LogP contribution < -0.4 is 0 Å². The summed E-state index contributed by atoms with van der Waals surface area (Å²) < 4.78 is 2.29. The molecular formula is C21H14N4. The van der Waals surface area contributed by atoms with Crippen molar-refractivity contribution >= 4 is 21.8 Å². The van der Waals surface area contributed by atoms with Gasteiger partial charge in [-0.2, -0.15) is 0 Å². The third-order valence-corrected chi connectivity index (χ3v) is 4.44. The van der Waals surface area contributed by atoms with Crippen LogP contribution in [0.2, 0.25) is 0 Å². The van der Waals surface area contributed by atoms with Crippen molar-refractivity contribution in [2.75, 3.05) is 0 Å². The SMILES string of the molecule is c1cc(-c2ncncn2)cc(-n2c3ccccc3c3ccccc32)c1. The number of benzene rings is 3. The van der Waals surface area contributed by atoms with Crippen molar-refractivity contribution in [1.82, 2.24) is 19.5 Å². The van der Waals surface area contributed by atoms with Crippen LogP contribution in [0.1, 0.15) is 0 Å². The van der Waals surface area contributed by atoms with Crippen molar-refractivity contribution in [1.29, 1.82) is 0 Å². The van der Waals surface area contributed by atoms with Crippen LogP contribution in [0.15, 0.2) is 85.5 Å². The third kappa shape index (κ3) is 2.19. The maximum Gasteiger partial charge on any atom is 0.162 e. The summed E-state index contributed by atoms with van der Waals surface area (Å²) in [6, 6.07) is 25.3. The average Bonchev–Trinajstić information content (AvgIpc) is 3.03. The monoisotopic (exact) mass is 322 g/mol. The van der Waals surface area contributed by atoms with E-state index in [2.05, 4.69) is 80.2 Å². The molecule has 118 valence electrons. The first kappa shape index (κ1) is 13.9. The summed E-state index contributed by atoms with van der Waals surface area (Å²) >= 11 is 0. The molecule has 0 aliphatic rings. The molecule has 0 fully saturated rings. The zero-order chi connectivity index (χ0) is 16.6. The Kier molecular flexibility index (Phi) is 3.07. The molecule has 0 atom stereocenters. The first-order valence-electron chi connectivity index (χ1n) is 8.13. The predicted molar refractivity (Wildman–Crippen MR) is 99.6 cm³/mol. The van der Waals surface area contributed by atoms with Crippen molar-refractivity contribution in [2.24, 2.45) is 0 Å². The number of fused-ring (bicyclic) bond motifs is 3. The van der Waals surface area contributed by atoms with Crippen molar-refractivity contribution < 1.29 is 0 Å². The number of hydrogen-bond acceptors (Lipinski definition) is 3. The summed E-state index contributed by atoms with van der Waals surface area (Å²) in [5, 5.41) is 2.51. The van der Waals surface area contributed by atoms with Crippen molar-refractivity contribution in [2.45, 2.75) is 0 Å². The maximum absolute atomic E-state index is 4.26. The molecule has 0 aliphatic heterocycles. The fourth-order valence-corrected chi connectivity index (χ4v) is 3.37. The molecule has 4 nitrogen and oxygen atoms in total. The van der Waals surface area contributed by atoms with E-state index in [0.29, 0.717) is 5.82 Å². The summed E-state index contributed by atoms with van der Waals surface area (Å²) in [6.45, 7) is 0. The minimum Gasteiger partial charge on any atom is -0.309 e. The van der Waals surface area contributed by atoms with E-state index >= 15 is 0 Å². The minimum absolute atomic E-state index is 0.678. The second-order valence-electron chi connectivity index (χ2n) is 5.88. The van der Waals surface area contributed by atoms with Gasteiger partial charge in [0.1, 0.15) is 12.7 Å². The van der Waals surface area contributed by atoms with E-state index in [9.17, 15) is 0 Å². The van der Waals surface area contributed by atoms with Gasteiger partial charge in [-0.3, -0.25) is 0 Å². The zero-order valence-corrected chi connectivity index (χ0v) is 13.4. The van der Waals surface area contributed by atoms with Crippen LogP contribution in [-0.2, 0) is 0 Å². The van der Waals surface area contributed by atoms with E-state index in [-0.39, 0.29) is 0 Å². The van der Waals surface area contributed by atoms with E-state index in [0.717, 1.165) is 11.3 Å². The second-order valence-corrected chi connectivity index (χ2v) is 5.88. The van der Waals surface area contributed by atoms with Gasteiger partial charge in [-0.05, 0) is 24.3 Å². The van der Waals surface area contributed by atoms with Crippen LogP contribution in [0, 0.1) is 0 Å². The van der Waals surface area contributed by atoms with Gasteiger partial charge in [-0.1, -0.05) is 48.5 Å². The zero-order valence-electron chi connectivity index (χ0n) is 13.4. The van der Waals surface area contributed by atoms with Crippen LogP contribution in [0.25, 0.3) is 38.9 Å². The molecule has 0 amide bonds. The van der Waals surface area contributed by atoms with Gasteiger partial charge in [0, 0.05) is 22.0 Å². The number of rotatable bonds is 2. The summed E-state index contributed by atoms with van der Waals surface area (Å²) in [5.74, 6) is 0.678. The van der Waals surface area contributed by atoms with Crippen molar-refractivity contribution in [3.63, 3.8) is 0 Å². The quantitative estimate of drug-likeness (QED) is 0.476. The highest BCUT2D eigenvalue weighted by Gasteiger charge is 2.12. The Balaban J connectivity index is 1.81.